The normalized spacial score (nSPS) is 18.3. The third kappa shape index (κ3) is 3.14. The van der Waals surface area contributed by atoms with Crippen molar-refractivity contribution in [2.45, 2.75) is 25.8 Å². The topological polar surface area (TPSA) is 54.4 Å². The van der Waals surface area contributed by atoms with E-state index in [2.05, 4.69) is 38.7 Å². The number of methoxy groups -OCH3 is 1. The van der Waals surface area contributed by atoms with E-state index in [0.29, 0.717) is 11.9 Å². The number of piperidine rings is 1. The molecule has 6 nitrogen and oxygen atoms in total. The van der Waals surface area contributed by atoms with Gasteiger partial charge in [-0.25, -0.2) is 15.0 Å². The van der Waals surface area contributed by atoms with Gasteiger partial charge in [-0.05, 0) is 19.8 Å². The van der Waals surface area contributed by atoms with Crippen LogP contribution in [0.1, 0.15) is 17.7 Å². The van der Waals surface area contributed by atoms with E-state index in [1.807, 2.05) is 12.3 Å². The molecule has 2 aromatic rings. The molecule has 0 amide bonds. The number of rotatable bonds is 4. The summed E-state index contributed by atoms with van der Waals surface area (Å²) >= 11 is 1.76. The zero-order valence-corrected chi connectivity index (χ0v) is 14.0. The Balaban J connectivity index is 1.73. The first-order chi connectivity index (χ1) is 10.7. The summed E-state index contributed by atoms with van der Waals surface area (Å²) in [6.07, 6.45) is 5.82. The summed E-state index contributed by atoms with van der Waals surface area (Å²) in [7, 11) is 3.71. The highest BCUT2D eigenvalue weighted by Crippen LogP contribution is 2.27. The molecule has 1 unspecified atom stereocenters. The van der Waals surface area contributed by atoms with E-state index >= 15 is 0 Å². The number of aromatic nitrogens is 3. The first kappa shape index (κ1) is 15.0. The standard InChI is InChI=1S/C15H21N5OS/c1-11-8-16-15(22-11)20-6-4-5-12(9-20)19(2)13-7-14(21-3)18-10-17-13/h7-8,10,12H,4-6,9H2,1-3H3. The van der Waals surface area contributed by atoms with Crippen LogP contribution in [0.4, 0.5) is 10.9 Å². The van der Waals surface area contributed by atoms with E-state index in [9.17, 15) is 0 Å². The number of thiazole rings is 1. The van der Waals surface area contributed by atoms with Gasteiger partial charge in [-0.2, -0.15) is 0 Å². The summed E-state index contributed by atoms with van der Waals surface area (Å²) in [5, 5.41) is 1.12. The summed E-state index contributed by atoms with van der Waals surface area (Å²) in [6.45, 7) is 4.14. The van der Waals surface area contributed by atoms with Crippen LogP contribution >= 0.6 is 11.3 Å². The van der Waals surface area contributed by atoms with Gasteiger partial charge in [-0.15, -0.1) is 11.3 Å². The van der Waals surface area contributed by atoms with Crippen molar-refractivity contribution in [1.29, 1.82) is 0 Å². The third-order valence-electron chi connectivity index (χ3n) is 4.02. The number of ether oxygens (including phenoxy) is 1. The first-order valence-corrected chi connectivity index (χ1v) is 8.25. The molecule has 1 aliphatic rings. The van der Waals surface area contributed by atoms with Crippen LogP contribution in [-0.2, 0) is 0 Å². The van der Waals surface area contributed by atoms with Gasteiger partial charge >= 0.3 is 0 Å². The molecule has 3 rings (SSSR count). The first-order valence-electron chi connectivity index (χ1n) is 7.43. The van der Waals surface area contributed by atoms with E-state index in [1.54, 1.807) is 24.8 Å². The predicted octanol–water partition coefficient (Wildman–Crippen LogP) is 2.36. The van der Waals surface area contributed by atoms with Crippen LogP contribution in [0.5, 0.6) is 5.88 Å². The number of nitrogens with zero attached hydrogens (tertiary/aromatic N) is 5. The van der Waals surface area contributed by atoms with Crippen molar-refractivity contribution in [3.63, 3.8) is 0 Å². The molecule has 1 saturated heterocycles. The maximum atomic E-state index is 5.19. The van der Waals surface area contributed by atoms with E-state index in [0.717, 1.165) is 36.9 Å². The maximum Gasteiger partial charge on any atom is 0.218 e. The van der Waals surface area contributed by atoms with Gasteiger partial charge in [0.1, 0.15) is 12.1 Å². The highest BCUT2D eigenvalue weighted by atomic mass is 32.1. The third-order valence-corrected chi connectivity index (χ3v) is 5.00. The summed E-state index contributed by atoms with van der Waals surface area (Å²) in [4.78, 5) is 18.8. The lowest BCUT2D eigenvalue weighted by molar-refractivity contribution is 0.396. The lowest BCUT2D eigenvalue weighted by Crippen LogP contribution is -2.47. The van der Waals surface area contributed by atoms with E-state index in [4.69, 9.17) is 4.74 Å². The number of aryl methyl sites for hydroxylation is 1. The summed E-state index contributed by atoms with van der Waals surface area (Å²) < 4.78 is 5.19. The molecule has 118 valence electrons. The Kier molecular flexibility index (Phi) is 4.42. The Morgan fingerprint density at radius 2 is 2.23 bits per heavy atom. The zero-order valence-electron chi connectivity index (χ0n) is 13.2. The van der Waals surface area contributed by atoms with Crippen molar-refractivity contribution >= 4 is 22.3 Å². The molecule has 22 heavy (non-hydrogen) atoms. The molecule has 0 spiro atoms. The van der Waals surface area contributed by atoms with Gasteiger partial charge in [0.25, 0.3) is 0 Å². The summed E-state index contributed by atoms with van der Waals surface area (Å²) in [6, 6.07) is 2.30. The highest BCUT2D eigenvalue weighted by molar-refractivity contribution is 7.15. The minimum atomic E-state index is 0.414. The van der Waals surface area contributed by atoms with Crippen molar-refractivity contribution in [1.82, 2.24) is 15.0 Å². The van der Waals surface area contributed by atoms with Crippen LogP contribution in [0.15, 0.2) is 18.6 Å². The summed E-state index contributed by atoms with van der Waals surface area (Å²) in [5.74, 6) is 1.49. The van der Waals surface area contributed by atoms with Gasteiger partial charge < -0.3 is 14.5 Å². The molecule has 0 bridgehead atoms. The van der Waals surface area contributed by atoms with Crippen LogP contribution in [-0.4, -0.2) is 48.2 Å². The van der Waals surface area contributed by atoms with E-state index < -0.39 is 0 Å². The van der Waals surface area contributed by atoms with Crippen molar-refractivity contribution in [2.75, 3.05) is 37.0 Å². The molecule has 0 aliphatic carbocycles. The molecule has 1 aliphatic heterocycles. The SMILES string of the molecule is COc1cc(N(C)C2CCCN(c3ncc(C)s3)C2)ncn1. The van der Waals surface area contributed by atoms with Crippen LogP contribution in [0.25, 0.3) is 0 Å². The molecule has 0 radical (unpaired) electrons. The fourth-order valence-electron chi connectivity index (χ4n) is 2.76. The quantitative estimate of drug-likeness (QED) is 0.862. The number of hydrogen-bond donors (Lipinski definition) is 0. The predicted molar refractivity (Wildman–Crippen MR) is 89.1 cm³/mol. The zero-order chi connectivity index (χ0) is 15.5. The monoisotopic (exact) mass is 319 g/mol. The van der Waals surface area contributed by atoms with Gasteiger partial charge in [0.15, 0.2) is 5.13 Å². The van der Waals surface area contributed by atoms with E-state index in [-0.39, 0.29) is 0 Å². The largest absolute Gasteiger partial charge is 0.481 e. The second-order valence-electron chi connectivity index (χ2n) is 5.53. The van der Waals surface area contributed by atoms with Crippen molar-refractivity contribution in [2.24, 2.45) is 0 Å². The van der Waals surface area contributed by atoms with Crippen LogP contribution < -0.4 is 14.5 Å². The van der Waals surface area contributed by atoms with Crippen molar-refractivity contribution in [3.05, 3.63) is 23.5 Å². The molecule has 2 aromatic heterocycles. The summed E-state index contributed by atoms with van der Waals surface area (Å²) in [5.41, 5.74) is 0. The Hall–Kier alpha value is -1.89. The van der Waals surface area contributed by atoms with Crippen molar-refractivity contribution < 1.29 is 4.74 Å². The van der Waals surface area contributed by atoms with Crippen LogP contribution in [0.2, 0.25) is 0 Å². The molecular formula is C15H21N5OS. The highest BCUT2D eigenvalue weighted by Gasteiger charge is 2.25. The van der Waals surface area contributed by atoms with Crippen LogP contribution in [0, 0.1) is 6.92 Å². The molecule has 1 atom stereocenters. The van der Waals surface area contributed by atoms with Gasteiger partial charge in [0.05, 0.1) is 7.11 Å². The smallest absolute Gasteiger partial charge is 0.218 e. The van der Waals surface area contributed by atoms with E-state index in [1.165, 1.54) is 4.88 Å². The van der Waals surface area contributed by atoms with Crippen LogP contribution in [0.3, 0.4) is 0 Å². The molecule has 1 fully saturated rings. The Morgan fingerprint density at radius 3 is 2.95 bits per heavy atom. The molecule has 3 heterocycles. The number of anilines is 2. The van der Waals surface area contributed by atoms with Gasteiger partial charge in [0, 0.05) is 43.3 Å². The van der Waals surface area contributed by atoms with Gasteiger partial charge in [0.2, 0.25) is 5.88 Å². The number of hydrogen-bond acceptors (Lipinski definition) is 7. The molecule has 0 saturated carbocycles. The van der Waals surface area contributed by atoms with Crippen molar-refractivity contribution in [3.8, 4) is 5.88 Å². The average molecular weight is 319 g/mol. The van der Waals surface area contributed by atoms with Gasteiger partial charge in [-0.1, -0.05) is 0 Å². The minimum Gasteiger partial charge on any atom is -0.481 e. The Morgan fingerprint density at radius 1 is 1.36 bits per heavy atom. The fourth-order valence-corrected chi connectivity index (χ4v) is 3.55. The maximum absolute atomic E-state index is 5.19. The lowest BCUT2D eigenvalue weighted by atomic mass is 10.1. The molecule has 0 aromatic carbocycles. The molecule has 0 N–H and O–H groups in total. The fraction of sp³-hybridized carbons (Fsp3) is 0.533. The average Bonchev–Trinajstić information content (AvgIpc) is 3.01. The number of likely N-dealkylation sites (N-methyl/N-ethyl adjacent to an activating group) is 1. The second kappa shape index (κ2) is 6.48. The lowest BCUT2D eigenvalue weighted by Gasteiger charge is -2.38. The molecule has 7 heteroatoms. The minimum absolute atomic E-state index is 0.414. The second-order valence-corrected chi connectivity index (χ2v) is 6.74. The Labute approximate surface area is 134 Å². The van der Waals surface area contributed by atoms with Gasteiger partial charge in [-0.3, -0.25) is 0 Å². The molecular weight excluding hydrogens is 298 g/mol. The Bertz CT molecular complexity index is 632.